The molecule has 1 heterocycles. The number of rotatable bonds is 6. The molecular weight excluding hydrogens is 406 g/mol. The first kappa shape index (κ1) is 23.0. The lowest BCUT2D eigenvalue weighted by molar-refractivity contribution is 0.0981. The van der Waals surface area contributed by atoms with Crippen molar-refractivity contribution < 1.29 is 9.59 Å². The van der Waals surface area contributed by atoms with Crippen LogP contribution in [0.1, 0.15) is 38.8 Å². The van der Waals surface area contributed by atoms with Crippen LogP contribution in [0.2, 0.25) is 0 Å². The van der Waals surface area contributed by atoms with Gasteiger partial charge in [0.05, 0.1) is 10.2 Å². The van der Waals surface area contributed by atoms with Crippen LogP contribution >= 0.6 is 23.7 Å². The SMILES string of the molecule is CC(=O)c1ccc(C(=O)N(CCN(C)C)c2nc3c(C)cc(C)cc3s2)cc1.Cl. The molecule has 1 amide bonds. The number of hydrogen-bond acceptors (Lipinski definition) is 5. The molecule has 0 fully saturated rings. The van der Waals surface area contributed by atoms with Gasteiger partial charge < -0.3 is 4.90 Å². The van der Waals surface area contributed by atoms with Gasteiger partial charge in [-0.05, 0) is 64.2 Å². The Bertz CT molecular complexity index is 1030. The second-order valence-electron chi connectivity index (χ2n) is 7.32. The lowest BCUT2D eigenvalue weighted by atomic mass is 10.1. The average Bonchev–Trinajstić information content (AvgIpc) is 3.05. The lowest BCUT2D eigenvalue weighted by Crippen LogP contribution is -2.36. The summed E-state index contributed by atoms with van der Waals surface area (Å²) < 4.78 is 1.09. The Morgan fingerprint density at radius 3 is 2.21 bits per heavy atom. The molecule has 0 aliphatic carbocycles. The summed E-state index contributed by atoms with van der Waals surface area (Å²) >= 11 is 1.54. The van der Waals surface area contributed by atoms with Crippen LogP contribution in [0.5, 0.6) is 0 Å². The standard InChI is InChI=1S/C22H25N3O2S.ClH/c1-14-12-15(2)20-19(13-14)28-22(23-20)25(11-10-24(4)5)21(27)18-8-6-17(7-9-18)16(3)26;/h6-9,12-13H,10-11H2,1-5H3;1H. The number of fused-ring (bicyclic) bond motifs is 1. The summed E-state index contributed by atoms with van der Waals surface area (Å²) in [7, 11) is 3.96. The van der Waals surface area contributed by atoms with Gasteiger partial charge in [0.15, 0.2) is 10.9 Å². The third-order valence-electron chi connectivity index (χ3n) is 4.60. The molecule has 3 aromatic rings. The summed E-state index contributed by atoms with van der Waals surface area (Å²) in [6.45, 7) is 6.90. The van der Waals surface area contributed by atoms with Crippen LogP contribution in [0.4, 0.5) is 5.13 Å². The van der Waals surface area contributed by atoms with Crippen molar-refractivity contribution in [2.24, 2.45) is 0 Å². The van der Waals surface area contributed by atoms with Crippen molar-refractivity contribution in [1.29, 1.82) is 0 Å². The van der Waals surface area contributed by atoms with Crippen molar-refractivity contribution in [1.82, 2.24) is 9.88 Å². The average molecular weight is 432 g/mol. The molecule has 2 aromatic carbocycles. The molecule has 0 aliphatic heterocycles. The molecule has 29 heavy (non-hydrogen) atoms. The van der Waals surface area contributed by atoms with Gasteiger partial charge in [0.25, 0.3) is 5.91 Å². The molecule has 0 saturated carbocycles. The molecule has 0 saturated heterocycles. The second kappa shape index (κ2) is 9.48. The smallest absolute Gasteiger partial charge is 0.260 e. The van der Waals surface area contributed by atoms with Gasteiger partial charge in [-0.1, -0.05) is 29.5 Å². The summed E-state index contributed by atoms with van der Waals surface area (Å²) in [5, 5.41) is 0.700. The number of Topliss-reactive ketones (excluding diaryl/α,β-unsaturated/α-hetero) is 1. The van der Waals surface area contributed by atoms with Crippen molar-refractivity contribution in [2.45, 2.75) is 20.8 Å². The highest BCUT2D eigenvalue weighted by Gasteiger charge is 2.22. The number of thiazole rings is 1. The minimum atomic E-state index is -0.106. The Balaban J connectivity index is 0.00000300. The zero-order chi connectivity index (χ0) is 20.4. The summed E-state index contributed by atoms with van der Waals surface area (Å²) in [6.07, 6.45) is 0. The van der Waals surface area contributed by atoms with E-state index in [0.29, 0.717) is 22.8 Å². The molecular formula is C22H26ClN3O2S. The maximum atomic E-state index is 13.3. The van der Waals surface area contributed by atoms with Crippen LogP contribution in [-0.4, -0.2) is 48.8 Å². The fraction of sp³-hybridized carbons (Fsp3) is 0.318. The Morgan fingerprint density at radius 2 is 1.62 bits per heavy atom. The van der Waals surface area contributed by atoms with Crippen LogP contribution in [-0.2, 0) is 0 Å². The van der Waals surface area contributed by atoms with E-state index in [1.165, 1.54) is 23.8 Å². The number of nitrogens with zero attached hydrogens (tertiary/aromatic N) is 3. The van der Waals surface area contributed by atoms with Crippen molar-refractivity contribution >= 4 is 50.8 Å². The predicted molar refractivity (Wildman–Crippen MR) is 123 cm³/mol. The van der Waals surface area contributed by atoms with Crippen LogP contribution < -0.4 is 4.90 Å². The van der Waals surface area contributed by atoms with Gasteiger partial charge in [-0.25, -0.2) is 4.98 Å². The van der Waals surface area contributed by atoms with E-state index in [0.717, 1.165) is 22.3 Å². The normalized spacial score (nSPS) is 10.8. The topological polar surface area (TPSA) is 53.5 Å². The minimum absolute atomic E-state index is 0. The van der Waals surface area contributed by atoms with Crippen LogP contribution in [0.15, 0.2) is 36.4 Å². The van der Waals surface area contributed by atoms with Crippen LogP contribution in [0, 0.1) is 13.8 Å². The van der Waals surface area contributed by atoms with Gasteiger partial charge in [0.1, 0.15) is 0 Å². The molecule has 0 spiro atoms. The van der Waals surface area contributed by atoms with Gasteiger partial charge in [-0.15, -0.1) is 12.4 Å². The van der Waals surface area contributed by atoms with Crippen molar-refractivity contribution in [3.63, 3.8) is 0 Å². The van der Waals surface area contributed by atoms with E-state index in [4.69, 9.17) is 4.98 Å². The molecule has 0 N–H and O–H groups in total. The van der Waals surface area contributed by atoms with E-state index in [9.17, 15) is 9.59 Å². The first-order valence-electron chi connectivity index (χ1n) is 9.21. The number of amides is 1. The molecule has 0 bridgehead atoms. The highest BCUT2D eigenvalue weighted by Crippen LogP contribution is 2.32. The number of ketones is 1. The number of hydrogen-bond donors (Lipinski definition) is 0. The summed E-state index contributed by atoms with van der Waals surface area (Å²) in [6, 6.07) is 11.0. The Labute approximate surface area is 181 Å². The summed E-state index contributed by atoms with van der Waals surface area (Å²) in [4.78, 5) is 33.3. The molecule has 0 atom stereocenters. The molecule has 7 heteroatoms. The monoisotopic (exact) mass is 431 g/mol. The molecule has 0 radical (unpaired) electrons. The summed E-state index contributed by atoms with van der Waals surface area (Å²) in [5.74, 6) is -0.120. The van der Waals surface area contributed by atoms with E-state index >= 15 is 0 Å². The quantitative estimate of drug-likeness (QED) is 0.528. The largest absolute Gasteiger partial charge is 0.308 e. The van der Waals surface area contributed by atoms with Crippen LogP contribution in [0.25, 0.3) is 10.2 Å². The lowest BCUT2D eigenvalue weighted by Gasteiger charge is -2.22. The van der Waals surface area contributed by atoms with Gasteiger partial charge in [-0.2, -0.15) is 0 Å². The molecule has 3 rings (SSSR count). The van der Waals surface area contributed by atoms with E-state index < -0.39 is 0 Å². The first-order chi connectivity index (χ1) is 13.3. The number of benzene rings is 2. The Kier molecular flexibility index (Phi) is 7.52. The fourth-order valence-corrected chi connectivity index (χ4v) is 4.23. The number of anilines is 1. The van der Waals surface area contributed by atoms with Gasteiger partial charge >= 0.3 is 0 Å². The number of aromatic nitrogens is 1. The number of carbonyl (C=O) groups is 2. The number of halogens is 1. The molecule has 1 aromatic heterocycles. The number of aryl methyl sites for hydroxylation is 2. The highest BCUT2D eigenvalue weighted by atomic mass is 35.5. The van der Waals surface area contributed by atoms with E-state index in [1.54, 1.807) is 29.2 Å². The van der Waals surface area contributed by atoms with Gasteiger partial charge in [0.2, 0.25) is 0 Å². The maximum absolute atomic E-state index is 13.3. The van der Waals surface area contributed by atoms with Gasteiger partial charge in [-0.3, -0.25) is 14.5 Å². The zero-order valence-corrected chi connectivity index (χ0v) is 19.0. The fourth-order valence-electron chi connectivity index (χ4n) is 3.06. The van der Waals surface area contributed by atoms with E-state index in [1.807, 2.05) is 25.9 Å². The molecule has 0 unspecified atom stereocenters. The molecule has 154 valence electrons. The van der Waals surface area contributed by atoms with Crippen molar-refractivity contribution in [3.8, 4) is 0 Å². The minimum Gasteiger partial charge on any atom is -0.308 e. The van der Waals surface area contributed by atoms with Crippen LogP contribution in [0.3, 0.4) is 0 Å². The first-order valence-corrected chi connectivity index (χ1v) is 10.0. The van der Waals surface area contributed by atoms with E-state index in [2.05, 4.69) is 19.1 Å². The Hall–Kier alpha value is -2.28. The third kappa shape index (κ3) is 5.21. The highest BCUT2D eigenvalue weighted by molar-refractivity contribution is 7.22. The summed E-state index contributed by atoms with van der Waals surface area (Å²) in [5.41, 5.74) is 4.40. The number of likely N-dealkylation sites (N-methyl/N-ethyl adjacent to an activating group) is 1. The van der Waals surface area contributed by atoms with E-state index in [-0.39, 0.29) is 24.1 Å². The zero-order valence-electron chi connectivity index (χ0n) is 17.4. The molecule has 5 nitrogen and oxygen atoms in total. The van der Waals surface area contributed by atoms with Crippen molar-refractivity contribution in [3.05, 3.63) is 58.7 Å². The third-order valence-corrected chi connectivity index (χ3v) is 5.63. The second-order valence-corrected chi connectivity index (χ2v) is 8.33. The van der Waals surface area contributed by atoms with Crippen molar-refractivity contribution in [2.75, 3.05) is 32.1 Å². The van der Waals surface area contributed by atoms with Gasteiger partial charge in [0, 0.05) is 24.2 Å². The maximum Gasteiger partial charge on any atom is 0.260 e. The Morgan fingerprint density at radius 1 is 1.00 bits per heavy atom. The number of carbonyl (C=O) groups excluding carboxylic acids is 2. The predicted octanol–water partition coefficient (Wildman–Crippen LogP) is 4.75. The molecule has 0 aliphatic rings.